The quantitative estimate of drug-likeness (QED) is 0.116. The summed E-state index contributed by atoms with van der Waals surface area (Å²) in [5.41, 5.74) is -16.3. The van der Waals surface area contributed by atoms with Gasteiger partial charge < -0.3 is 29.5 Å². The molecule has 3 N–H and O–H groups in total. The summed E-state index contributed by atoms with van der Waals surface area (Å²) >= 11 is 0. The van der Waals surface area contributed by atoms with Gasteiger partial charge in [0.05, 0.1) is 21.3 Å². The number of hydrogen-bond acceptors (Lipinski definition) is 12. The first kappa shape index (κ1) is 35.3. The Bertz CT molecular complexity index is 1250. The second-order valence-electron chi connectivity index (χ2n) is 9.07. The van der Waals surface area contributed by atoms with E-state index in [1.165, 1.54) is 20.8 Å². The lowest BCUT2D eigenvalue weighted by Crippen LogP contribution is -2.73. The van der Waals surface area contributed by atoms with Crippen LogP contribution in [0.4, 0.5) is 0 Å². The molecule has 0 radical (unpaired) electrons. The molecule has 42 heavy (non-hydrogen) atoms. The van der Waals surface area contributed by atoms with Crippen LogP contribution in [-0.2, 0) is 59.6 Å². The molecule has 0 saturated heterocycles. The van der Waals surface area contributed by atoms with Crippen LogP contribution < -0.4 is 17.1 Å². The van der Waals surface area contributed by atoms with E-state index in [9.17, 15) is 58.5 Å². The fourth-order valence-electron chi connectivity index (χ4n) is 4.90. The van der Waals surface area contributed by atoms with Crippen LogP contribution in [0.25, 0.3) is 0 Å². The van der Waals surface area contributed by atoms with E-state index in [-0.39, 0.29) is 19.3 Å². The van der Waals surface area contributed by atoms with E-state index in [1.54, 1.807) is 0 Å². The zero-order chi connectivity index (χ0) is 32.8. The average molecular weight is 604 g/mol. The summed E-state index contributed by atoms with van der Waals surface area (Å²) in [4.78, 5) is 119. The van der Waals surface area contributed by atoms with Crippen LogP contribution >= 0.6 is 0 Å². The minimum absolute atomic E-state index is 0.252. The van der Waals surface area contributed by atoms with Crippen molar-refractivity contribution in [3.63, 3.8) is 0 Å². The average Bonchev–Trinajstić information content (AvgIpc) is 2.93. The van der Waals surface area contributed by atoms with Gasteiger partial charge in [0, 0.05) is 0 Å². The topological polar surface area (TPSA) is 257 Å². The van der Waals surface area contributed by atoms with Gasteiger partial charge in [-0.3, -0.25) is 0 Å². The molecule has 18 nitrogen and oxygen atoms in total. The summed E-state index contributed by atoms with van der Waals surface area (Å²) in [7, 11) is 2.11. The van der Waals surface area contributed by atoms with Crippen molar-refractivity contribution in [2.24, 2.45) is 0 Å². The molecule has 1 heterocycles. The Kier molecular flexibility index (Phi) is 11.1. The molecule has 0 spiro atoms. The SMILES string of the molecule is CCCC(C(=O)O)(C(=O)OC)n1c(=O)n(C(CCC)(C(=O)O)C(=O)OC)c(=O)n(C(CCC)(C(=O)O)C(=O)OC)c1=O. The summed E-state index contributed by atoms with van der Waals surface area (Å²) in [6, 6.07) is 0. The van der Waals surface area contributed by atoms with Crippen molar-refractivity contribution in [3.8, 4) is 0 Å². The number of methoxy groups -OCH3 is 3. The van der Waals surface area contributed by atoms with Gasteiger partial charge in [-0.1, -0.05) is 40.0 Å². The summed E-state index contributed by atoms with van der Waals surface area (Å²) in [5.74, 6) is -11.9. The number of carboxylic acids is 3. The van der Waals surface area contributed by atoms with E-state index < -0.39 is 102 Å². The highest BCUT2D eigenvalue weighted by Gasteiger charge is 2.59. The predicted octanol–water partition coefficient (Wildman–Crippen LogP) is -1.57. The largest absolute Gasteiger partial charge is 0.479 e. The third-order valence-electron chi connectivity index (χ3n) is 6.76. The summed E-state index contributed by atoms with van der Waals surface area (Å²) in [5, 5.41) is 30.7. The van der Waals surface area contributed by atoms with E-state index in [2.05, 4.69) is 14.2 Å². The third-order valence-corrected chi connectivity index (χ3v) is 6.76. The Morgan fingerprint density at radius 1 is 0.524 bits per heavy atom. The van der Waals surface area contributed by atoms with Crippen molar-refractivity contribution in [3.05, 3.63) is 31.5 Å². The Balaban J connectivity index is 5.14. The number of ether oxygens (including phenoxy) is 3. The highest BCUT2D eigenvalue weighted by Crippen LogP contribution is 2.28. The number of carbonyl (C=O) groups excluding carboxylic acids is 3. The molecular weight excluding hydrogens is 570 g/mol. The number of aliphatic carboxylic acids is 3. The van der Waals surface area contributed by atoms with Gasteiger partial charge in [0.25, 0.3) is 0 Å². The number of hydrogen-bond donors (Lipinski definition) is 3. The molecule has 3 atom stereocenters. The summed E-state index contributed by atoms with van der Waals surface area (Å²) < 4.78 is 12.5. The molecule has 0 bridgehead atoms. The first-order chi connectivity index (χ1) is 19.6. The Hall–Kier alpha value is -4.77. The minimum atomic E-state index is -3.34. The van der Waals surface area contributed by atoms with E-state index in [0.29, 0.717) is 21.3 Å². The number of carbonyl (C=O) groups is 6. The van der Waals surface area contributed by atoms with Crippen molar-refractivity contribution >= 4 is 35.8 Å². The molecule has 0 aromatic carbocycles. The van der Waals surface area contributed by atoms with Crippen LogP contribution in [0, 0.1) is 0 Å². The lowest BCUT2D eigenvalue weighted by molar-refractivity contribution is -0.167. The molecule has 1 rings (SSSR count). The molecule has 0 fully saturated rings. The van der Waals surface area contributed by atoms with E-state index in [0.717, 1.165) is 0 Å². The number of esters is 3. The first-order valence-electron chi connectivity index (χ1n) is 12.5. The van der Waals surface area contributed by atoms with Gasteiger partial charge in [-0.2, -0.15) is 0 Å². The molecule has 0 aliphatic heterocycles. The monoisotopic (exact) mass is 603 g/mol. The van der Waals surface area contributed by atoms with Gasteiger partial charge in [0.2, 0.25) is 16.6 Å². The van der Waals surface area contributed by atoms with Crippen LogP contribution in [0.2, 0.25) is 0 Å². The molecule has 0 aliphatic carbocycles. The zero-order valence-electron chi connectivity index (χ0n) is 23.8. The van der Waals surface area contributed by atoms with Crippen molar-refractivity contribution in [1.82, 2.24) is 13.7 Å². The van der Waals surface area contributed by atoms with Crippen molar-refractivity contribution in [2.75, 3.05) is 21.3 Å². The third kappa shape index (κ3) is 4.96. The Morgan fingerprint density at radius 3 is 0.833 bits per heavy atom. The lowest BCUT2D eigenvalue weighted by atomic mass is 9.91. The van der Waals surface area contributed by atoms with E-state index in [1.807, 2.05) is 0 Å². The van der Waals surface area contributed by atoms with Crippen LogP contribution in [0.3, 0.4) is 0 Å². The molecule has 1 aromatic heterocycles. The standard InChI is InChI=1S/C24H33N3O15/c1-7-10-22(13(28)29,16(34)40-4)25-19(37)26(23(11-8-2,14(30)31)17(35)41-5)21(39)27(20(25)38)24(12-9-3,15(32)33)18(36)42-6/h7-12H2,1-6H3,(H,28,29)(H,30,31)(H,32,33). The number of rotatable bonds is 15. The molecule has 0 aliphatic rings. The van der Waals surface area contributed by atoms with Gasteiger partial charge >= 0.3 is 52.9 Å². The second kappa shape index (κ2) is 13.3. The lowest BCUT2D eigenvalue weighted by Gasteiger charge is -2.35. The molecule has 3 unspecified atom stereocenters. The van der Waals surface area contributed by atoms with Crippen molar-refractivity contribution in [2.45, 2.75) is 75.9 Å². The van der Waals surface area contributed by atoms with Crippen LogP contribution in [0.1, 0.15) is 59.3 Å². The molecule has 0 saturated carbocycles. The smallest absolute Gasteiger partial charge is 0.344 e. The number of nitrogens with zero attached hydrogens (tertiary/aromatic N) is 3. The van der Waals surface area contributed by atoms with Gasteiger partial charge in [-0.25, -0.2) is 56.9 Å². The number of carboxylic acid groups (broad SMARTS) is 3. The Morgan fingerprint density at radius 2 is 0.714 bits per heavy atom. The van der Waals surface area contributed by atoms with Crippen LogP contribution in [-0.4, -0.2) is 86.2 Å². The summed E-state index contributed by atoms with van der Waals surface area (Å²) in [6.07, 6.45) is -3.42. The maximum Gasteiger partial charge on any atom is 0.344 e. The fourth-order valence-corrected chi connectivity index (χ4v) is 4.90. The van der Waals surface area contributed by atoms with Crippen LogP contribution in [0.5, 0.6) is 0 Å². The molecular formula is C24H33N3O15. The Labute approximate surface area is 237 Å². The van der Waals surface area contributed by atoms with Gasteiger partial charge in [0.15, 0.2) is 0 Å². The first-order valence-corrected chi connectivity index (χ1v) is 12.5. The molecule has 234 valence electrons. The fraction of sp³-hybridized carbons (Fsp3) is 0.625. The zero-order valence-corrected chi connectivity index (χ0v) is 23.8. The molecule has 1 aromatic rings. The predicted molar refractivity (Wildman–Crippen MR) is 137 cm³/mol. The van der Waals surface area contributed by atoms with Crippen molar-refractivity contribution < 1.29 is 58.3 Å². The molecule has 18 heteroatoms. The maximum absolute atomic E-state index is 14.1. The minimum Gasteiger partial charge on any atom is -0.479 e. The van der Waals surface area contributed by atoms with Crippen molar-refractivity contribution in [1.29, 1.82) is 0 Å². The highest BCUT2D eigenvalue weighted by atomic mass is 16.5. The maximum atomic E-state index is 14.1. The van der Waals surface area contributed by atoms with Gasteiger partial charge in [-0.15, -0.1) is 0 Å². The second-order valence-corrected chi connectivity index (χ2v) is 9.07. The highest BCUT2D eigenvalue weighted by molar-refractivity contribution is 6.03. The molecule has 0 amide bonds. The van der Waals surface area contributed by atoms with Crippen LogP contribution in [0.15, 0.2) is 14.4 Å². The van der Waals surface area contributed by atoms with Gasteiger partial charge in [0.1, 0.15) is 0 Å². The van der Waals surface area contributed by atoms with E-state index in [4.69, 9.17) is 0 Å². The van der Waals surface area contributed by atoms with Gasteiger partial charge in [-0.05, 0) is 19.3 Å². The normalized spacial score (nSPS) is 15.3. The number of aromatic nitrogens is 3. The van der Waals surface area contributed by atoms with E-state index >= 15 is 0 Å². The summed E-state index contributed by atoms with van der Waals surface area (Å²) in [6.45, 7) is 4.00.